The number of nitrogens with zero attached hydrogens (tertiary/aromatic N) is 3. The number of aliphatic hydroxyl groups excluding tert-OH is 1. The van der Waals surface area contributed by atoms with Crippen LogP contribution >= 0.6 is 0 Å². The summed E-state index contributed by atoms with van der Waals surface area (Å²) in [5.41, 5.74) is 4.28. The molecule has 1 atom stereocenters. The lowest BCUT2D eigenvalue weighted by molar-refractivity contribution is -0.140. The topological polar surface area (TPSA) is 93.4 Å². The number of ketones is 1. The van der Waals surface area contributed by atoms with Gasteiger partial charge in [-0.15, -0.1) is 0 Å². The molecule has 1 aliphatic heterocycles. The Bertz CT molecular complexity index is 1520. The fourth-order valence-corrected chi connectivity index (χ4v) is 4.81. The van der Waals surface area contributed by atoms with E-state index in [2.05, 4.69) is 4.98 Å². The maximum Gasteiger partial charge on any atom is 0.295 e. The molecule has 0 bridgehead atoms. The van der Waals surface area contributed by atoms with Crippen LogP contribution in [0, 0.1) is 13.8 Å². The first-order valence-electron chi connectivity index (χ1n) is 12.4. The molecule has 1 unspecified atom stereocenters. The maximum absolute atomic E-state index is 13.3. The summed E-state index contributed by atoms with van der Waals surface area (Å²) in [6.45, 7) is 4.60. The summed E-state index contributed by atoms with van der Waals surface area (Å²) in [6, 6.07) is 20.1. The van der Waals surface area contributed by atoms with E-state index in [1.165, 1.54) is 12.0 Å². The van der Waals surface area contributed by atoms with Gasteiger partial charge in [0.15, 0.2) is 5.76 Å². The third-order valence-corrected chi connectivity index (χ3v) is 6.83. The van der Waals surface area contributed by atoms with Crippen LogP contribution in [-0.2, 0) is 20.9 Å². The molecule has 0 radical (unpaired) electrons. The van der Waals surface area contributed by atoms with Crippen molar-refractivity contribution in [2.24, 2.45) is 0 Å². The first-order valence-corrected chi connectivity index (χ1v) is 12.4. The van der Waals surface area contributed by atoms with Gasteiger partial charge in [-0.1, -0.05) is 48.5 Å². The number of ether oxygens (including phenoxy) is 2. The van der Waals surface area contributed by atoms with Gasteiger partial charge >= 0.3 is 0 Å². The normalized spacial score (nSPS) is 16.9. The SMILES string of the molecule is COCCN1C(=O)C(=O)C(=C(O)c2nc3c(C)cccn3c2C)C1c1ccc(OCc2ccccc2)cc1. The fraction of sp³-hybridized carbons (Fsp3) is 0.233. The Morgan fingerprint density at radius 2 is 1.74 bits per heavy atom. The number of imidazole rings is 1. The first-order chi connectivity index (χ1) is 18.4. The Kier molecular flexibility index (Phi) is 6.98. The summed E-state index contributed by atoms with van der Waals surface area (Å²) in [5, 5.41) is 11.5. The zero-order valence-corrected chi connectivity index (χ0v) is 21.5. The minimum absolute atomic E-state index is 0.00761. The van der Waals surface area contributed by atoms with Crippen molar-refractivity contribution in [1.82, 2.24) is 14.3 Å². The Labute approximate surface area is 220 Å². The van der Waals surface area contributed by atoms with Gasteiger partial charge in [0.2, 0.25) is 0 Å². The Balaban J connectivity index is 1.54. The molecule has 1 saturated heterocycles. The first kappa shape index (κ1) is 25.2. The smallest absolute Gasteiger partial charge is 0.295 e. The van der Waals surface area contributed by atoms with Gasteiger partial charge in [0.05, 0.1) is 23.9 Å². The molecule has 1 amide bonds. The molecule has 0 spiro atoms. The molecule has 194 valence electrons. The lowest BCUT2D eigenvalue weighted by atomic mass is 9.96. The van der Waals surface area contributed by atoms with E-state index in [1.54, 1.807) is 12.1 Å². The van der Waals surface area contributed by atoms with E-state index < -0.39 is 17.7 Å². The van der Waals surface area contributed by atoms with Crippen LogP contribution < -0.4 is 4.74 Å². The number of hydrogen-bond donors (Lipinski definition) is 1. The summed E-state index contributed by atoms with van der Waals surface area (Å²) in [7, 11) is 1.53. The van der Waals surface area contributed by atoms with Crippen molar-refractivity contribution in [2.75, 3.05) is 20.3 Å². The van der Waals surface area contributed by atoms with Crippen molar-refractivity contribution in [2.45, 2.75) is 26.5 Å². The second-order valence-electron chi connectivity index (χ2n) is 9.26. The number of likely N-dealkylation sites (tertiary alicyclic amines) is 1. The summed E-state index contributed by atoms with van der Waals surface area (Å²) >= 11 is 0. The quantitative estimate of drug-likeness (QED) is 0.211. The van der Waals surface area contributed by atoms with Crippen LogP contribution in [0.4, 0.5) is 0 Å². The number of benzene rings is 2. The van der Waals surface area contributed by atoms with Crippen LogP contribution in [0.25, 0.3) is 11.4 Å². The molecule has 1 aliphatic rings. The third-order valence-electron chi connectivity index (χ3n) is 6.83. The molecule has 4 aromatic rings. The maximum atomic E-state index is 13.3. The van der Waals surface area contributed by atoms with Crippen LogP contribution in [0.3, 0.4) is 0 Å². The number of rotatable bonds is 8. The highest BCUT2D eigenvalue weighted by molar-refractivity contribution is 6.46. The number of fused-ring (bicyclic) bond motifs is 1. The highest BCUT2D eigenvalue weighted by atomic mass is 16.5. The number of Topliss-reactive ketones (excluding diaryl/α,β-unsaturated/α-hetero) is 1. The van der Waals surface area contributed by atoms with Crippen LogP contribution in [-0.4, -0.2) is 51.3 Å². The number of aliphatic hydroxyl groups is 1. The van der Waals surface area contributed by atoms with Crippen molar-refractivity contribution in [3.63, 3.8) is 0 Å². The monoisotopic (exact) mass is 511 g/mol. The molecule has 38 heavy (non-hydrogen) atoms. The van der Waals surface area contributed by atoms with E-state index in [1.807, 2.05) is 79.0 Å². The molecular weight excluding hydrogens is 482 g/mol. The van der Waals surface area contributed by atoms with Crippen LogP contribution in [0.5, 0.6) is 5.75 Å². The van der Waals surface area contributed by atoms with Gasteiger partial charge in [0, 0.05) is 19.9 Å². The molecule has 1 fully saturated rings. The van der Waals surface area contributed by atoms with Crippen molar-refractivity contribution in [1.29, 1.82) is 0 Å². The Morgan fingerprint density at radius 1 is 1.00 bits per heavy atom. The van der Waals surface area contributed by atoms with Crippen molar-refractivity contribution >= 4 is 23.1 Å². The zero-order chi connectivity index (χ0) is 26.8. The van der Waals surface area contributed by atoms with E-state index in [9.17, 15) is 14.7 Å². The van der Waals surface area contributed by atoms with Crippen LogP contribution in [0.1, 0.15) is 34.1 Å². The van der Waals surface area contributed by atoms with Gasteiger partial charge in [-0.2, -0.15) is 0 Å². The molecule has 2 aromatic heterocycles. The lowest BCUT2D eigenvalue weighted by Gasteiger charge is -2.25. The molecule has 0 aliphatic carbocycles. The van der Waals surface area contributed by atoms with Gasteiger partial charge < -0.3 is 23.9 Å². The van der Waals surface area contributed by atoms with E-state index in [4.69, 9.17) is 9.47 Å². The highest BCUT2D eigenvalue weighted by Gasteiger charge is 2.46. The van der Waals surface area contributed by atoms with E-state index in [0.717, 1.165) is 11.1 Å². The highest BCUT2D eigenvalue weighted by Crippen LogP contribution is 2.40. The number of carbonyl (C=O) groups is 2. The zero-order valence-electron chi connectivity index (χ0n) is 21.5. The molecule has 3 heterocycles. The van der Waals surface area contributed by atoms with Crippen LogP contribution in [0.2, 0.25) is 0 Å². The number of amides is 1. The number of methoxy groups -OCH3 is 1. The fourth-order valence-electron chi connectivity index (χ4n) is 4.81. The summed E-state index contributed by atoms with van der Waals surface area (Å²) in [6.07, 6.45) is 1.85. The number of carbonyl (C=O) groups excluding carboxylic acids is 2. The third kappa shape index (κ3) is 4.54. The predicted octanol–water partition coefficient (Wildman–Crippen LogP) is 4.60. The Morgan fingerprint density at radius 3 is 2.42 bits per heavy atom. The Hall–Kier alpha value is -4.43. The standard InChI is InChI=1S/C30H29N3O5/c1-19-8-7-15-32-20(2)25(31-29(19)32)27(34)24-26(33(16-17-37-3)30(36)28(24)35)22-11-13-23(14-12-22)38-18-21-9-5-4-6-10-21/h4-15,26,34H,16-18H2,1-3H3. The molecule has 1 N–H and O–H groups in total. The molecule has 0 saturated carbocycles. The van der Waals surface area contributed by atoms with E-state index >= 15 is 0 Å². The molecule has 8 heteroatoms. The second kappa shape index (κ2) is 10.5. The van der Waals surface area contributed by atoms with Gasteiger partial charge in [-0.25, -0.2) is 4.98 Å². The lowest BCUT2D eigenvalue weighted by Crippen LogP contribution is -2.32. The minimum Gasteiger partial charge on any atom is -0.505 e. The van der Waals surface area contributed by atoms with Crippen molar-refractivity contribution in [3.8, 4) is 5.75 Å². The van der Waals surface area contributed by atoms with Crippen molar-refractivity contribution in [3.05, 3.63) is 107 Å². The van der Waals surface area contributed by atoms with Gasteiger partial charge in [0.25, 0.3) is 11.7 Å². The molecule has 2 aromatic carbocycles. The average molecular weight is 512 g/mol. The molecule has 8 nitrogen and oxygen atoms in total. The van der Waals surface area contributed by atoms with Gasteiger partial charge in [-0.3, -0.25) is 9.59 Å². The second-order valence-corrected chi connectivity index (χ2v) is 9.26. The number of aryl methyl sites for hydroxylation is 2. The molecule has 5 rings (SSSR count). The predicted molar refractivity (Wildman–Crippen MR) is 143 cm³/mol. The van der Waals surface area contributed by atoms with E-state index in [-0.39, 0.29) is 30.2 Å². The van der Waals surface area contributed by atoms with Gasteiger partial charge in [-0.05, 0) is 48.7 Å². The number of aromatic nitrogens is 2. The minimum atomic E-state index is -0.793. The molecular formula is C30H29N3O5. The van der Waals surface area contributed by atoms with E-state index in [0.29, 0.717) is 29.3 Å². The van der Waals surface area contributed by atoms with Gasteiger partial charge in [0.1, 0.15) is 23.7 Å². The average Bonchev–Trinajstić information content (AvgIpc) is 3.41. The summed E-state index contributed by atoms with van der Waals surface area (Å²) in [4.78, 5) is 32.5. The summed E-state index contributed by atoms with van der Waals surface area (Å²) in [5.74, 6) is -1.08. The number of hydrogen-bond acceptors (Lipinski definition) is 6. The summed E-state index contributed by atoms with van der Waals surface area (Å²) < 4.78 is 13.0. The van der Waals surface area contributed by atoms with Crippen molar-refractivity contribution < 1.29 is 24.2 Å². The largest absolute Gasteiger partial charge is 0.505 e. The number of pyridine rings is 1. The van der Waals surface area contributed by atoms with Crippen LogP contribution in [0.15, 0.2) is 78.5 Å².